The third kappa shape index (κ3) is 5.43. The smallest absolute Gasteiger partial charge is 0.246 e. The van der Waals surface area contributed by atoms with Gasteiger partial charge in [0.2, 0.25) is 5.91 Å². The minimum atomic E-state index is -0.126. The van der Waals surface area contributed by atoms with Crippen LogP contribution in [-0.4, -0.2) is 29.4 Å². The Morgan fingerprint density at radius 3 is 2.57 bits per heavy atom. The average Bonchev–Trinajstić information content (AvgIpc) is 2.52. The molecule has 1 aliphatic rings. The molecule has 1 saturated carbocycles. The summed E-state index contributed by atoms with van der Waals surface area (Å²) >= 11 is 0. The lowest BCUT2D eigenvalue weighted by Crippen LogP contribution is -2.31. The van der Waals surface area contributed by atoms with Crippen molar-refractivity contribution in [2.75, 3.05) is 6.61 Å². The van der Waals surface area contributed by atoms with Gasteiger partial charge in [0.15, 0.2) is 5.78 Å². The van der Waals surface area contributed by atoms with Crippen LogP contribution in [0, 0.1) is 12.8 Å². The maximum absolute atomic E-state index is 11.9. The molecule has 0 radical (unpaired) electrons. The van der Waals surface area contributed by atoms with Crippen LogP contribution in [0.3, 0.4) is 0 Å². The maximum atomic E-state index is 11.9. The summed E-state index contributed by atoms with van der Waals surface area (Å²) in [5.41, 5.74) is 2.05. The van der Waals surface area contributed by atoms with E-state index in [1.54, 1.807) is 19.1 Å². The zero-order chi connectivity index (χ0) is 16.8. The molecule has 0 saturated heterocycles. The van der Waals surface area contributed by atoms with Crippen molar-refractivity contribution in [1.82, 2.24) is 10.3 Å². The Morgan fingerprint density at radius 1 is 1.26 bits per heavy atom. The number of ether oxygens (including phenoxy) is 1. The van der Waals surface area contributed by atoms with Gasteiger partial charge in [-0.1, -0.05) is 6.92 Å². The number of amides is 1. The maximum Gasteiger partial charge on any atom is 0.246 e. The Labute approximate surface area is 137 Å². The van der Waals surface area contributed by atoms with Crippen molar-refractivity contribution in [1.29, 1.82) is 0 Å². The standard InChI is InChI=1S/C18H26N2O3/c1-12-4-7-16(8-5-12)23-11-18(22)19-10-15-6-9-17(14(3)21)13(2)20-15/h6,9,12,16H,4-5,7-8,10-11H2,1-3H3,(H,19,22). The van der Waals surface area contributed by atoms with Gasteiger partial charge in [-0.15, -0.1) is 0 Å². The summed E-state index contributed by atoms with van der Waals surface area (Å²) < 4.78 is 5.68. The Hall–Kier alpha value is -1.75. The second kappa shape index (κ2) is 8.20. The molecule has 1 aliphatic carbocycles. The molecule has 0 aliphatic heterocycles. The Kier molecular flexibility index (Phi) is 6.28. The topological polar surface area (TPSA) is 68.3 Å². The lowest BCUT2D eigenvalue weighted by molar-refractivity contribution is -0.128. The van der Waals surface area contributed by atoms with Crippen molar-refractivity contribution in [2.45, 2.75) is 59.1 Å². The van der Waals surface area contributed by atoms with Crippen LogP contribution >= 0.6 is 0 Å². The van der Waals surface area contributed by atoms with Crippen LogP contribution in [0.2, 0.25) is 0 Å². The SMILES string of the molecule is CC(=O)c1ccc(CNC(=O)COC2CCC(C)CC2)nc1C. The molecule has 5 heteroatoms. The molecule has 0 bridgehead atoms. The second-order valence-electron chi connectivity index (χ2n) is 6.46. The van der Waals surface area contributed by atoms with E-state index in [4.69, 9.17) is 4.74 Å². The summed E-state index contributed by atoms with van der Waals surface area (Å²) in [6.07, 6.45) is 4.66. The van der Waals surface area contributed by atoms with Gasteiger partial charge in [-0.2, -0.15) is 0 Å². The number of carbonyl (C=O) groups excluding carboxylic acids is 2. The molecule has 0 aromatic carbocycles. The number of aromatic nitrogens is 1. The molecule has 0 spiro atoms. The second-order valence-corrected chi connectivity index (χ2v) is 6.46. The number of pyridine rings is 1. The van der Waals surface area contributed by atoms with Gasteiger partial charge in [0.05, 0.1) is 18.3 Å². The van der Waals surface area contributed by atoms with Gasteiger partial charge in [-0.25, -0.2) is 0 Å². The van der Waals surface area contributed by atoms with E-state index >= 15 is 0 Å². The summed E-state index contributed by atoms with van der Waals surface area (Å²) in [4.78, 5) is 27.6. The number of nitrogens with one attached hydrogen (secondary N) is 1. The third-order valence-electron chi connectivity index (χ3n) is 4.40. The number of aryl methyl sites for hydroxylation is 1. The molecular formula is C18H26N2O3. The fraction of sp³-hybridized carbons (Fsp3) is 0.611. The summed E-state index contributed by atoms with van der Waals surface area (Å²) in [6.45, 7) is 6.03. The van der Waals surface area contributed by atoms with Crippen LogP contribution in [0.1, 0.15) is 61.3 Å². The summed E-state index contributed by atoms with van der Waals surface area (Å²) in [7, 11) is 0. The van der Waals surface area contributed by atoms with Crippen LogP contribution in [0.5, 0.6) is 0 Å². The van der Waals surface area contributed by atoms with Crippen molar-refractivity contribution < 1.29 is 14.3 Å². The molecule has 126 valence electrons. The van der Waals surface area contributed by atoms with E-state index < -0.39 is 0 Å². The van der Waals surface area contributed by atoms with Gasteiger partial charge >= 0.3 is 0 Å². The van der Waals surface area contributed by atoms with Crippen molar-refractivity contribution in [3.63, 3.8) is 0 Å². The van der Waals surface area contributed by atoms with Gasteiger partial charge in [0.25, 0.3) is 0 Å². The summed E-state index contributed by atoms with van der Waals surface area (Å²) in [6, 6.07) is 3.53. The predicted octanol–water partition coefficient (Wildman–Crippen LogP) is 2.80. The van der Waals surface area contributed by atoms with E-state index in [2.05, 4.69) is 17.2 Å². The van der Waals surface area contributed by atoms with Crippen LogP contribution in [0.15, 0.2) is 12.1 Å². The highest BCUT2D eigenvalue weighted by Crippen LogP contribution is 2.25. The molecule has 5 nitrogen and oxygen atoms in total. The Bertz CT molecular complexity index is 563. The number of hydrogen-bond acceptors (Lipinski definition) is 4. The van der Waals surface area contributed by atoms with E-state index in [0.717, 1.165) is 24.5 Å². The van der Waals surface area contributed by atoms with Gasteiger partial charge in [0.1, 0.15) is 6.61 Å². The van der Waals surface area contributed by atoms with Gasteiger partial charge in [-0.05, 0) is 57.6 Å². The minimum Gasteiger partial charge on any atom is -0.368 e. The molecule has 1 aromatic rings. The number of carbonyl (C=O) groups is 2. The Morgan fingerprint density at radius 2 is 1.96 bits per heavy atom. The van der Waals surface area contributed by atoms with Crippen molar-refractivity contribution in [3.05, 3.63) is 29.1 Å². The normalized spacial score (nSPS) is 21.0. The summed E-state index contributed by atoms with van der Waals surface area (Å²) in [5.74, 6) is 0.649. The first-order chi connectivity index (χ1) is 11.0. The highest BCUT2D eigenvalue weighted by molar-refractivity contribution is 5.95. The number of ketones is 1. The molecule has 1 heterocycles. The van der Waals surface area contributed by atoms with E-state index in [1.165, 1.54) is 19.8 Å². The molecule has 1 fully saturated rings. The lowest BCUT2D eigenvalue weighted by Gasteiger charge is -2.25. The molecule has 1 aromatic heterocycles. The molecule has 1 N–H and O–H groups in total. The van der Waals surface area contributed by atoms with Crippen molar-refractivity contribution in [2.24, 2.45) is 5.92 Å². The first kappa shape index (κ1) is 17.6. The predicted molar refractivity (Wildman–Crippen MR) is 88.2 cm³/mol. The largest absolute Gasteiger partial charge is 0.368 e. The fourth-order valence-electron chi connectivity index (χ4n) is 2.91. The van der Waals surface area contributed by atoms with Gasteiger partial charge < -0.3 is 10.1 Å². The quantitative estimate of drug-likeness (QED) is 0.819. The highest BCUT2D eigenvalue weighted by atomic mass is 16.5. The third-order valence-corrected chi connectivity index (χ3v) is 4.40. The van der Waals surface area contributed by atoms with Crippen molar-refractivity contribution in [3.8, 4) is 0 Å². The van der Waals surface area contributed by atoms with Crippen LogP contribution in [0.4, 0.5) is 0 Å². The molecule has 0 atom stereocenters. The number of hydrogen-bond donors (Lipinski definition) is 1. The molecule has 23 heavy (non-hydrogen) atoms. The molecular weight excluding hydrogens is 292 g/mol. The summed E-state index contributed by atoms with van der Waals surface area (Å²) in [5, 5.41) is 2.81. The van der Waals surface area contributed by atoms with E-state index in [9.17, 15) is 9.59 Å². The zero-order valence-electron chi connectivity index (χ0n) is 14.2. The Balaban J connectivity index is 1.74. The van der Waals surface area contributed by atoms with Gasteiger partial charge in [0, 0.05) is 11.3 Å². The van der Waals surface area contributed by atoms with E-state index in [1.807, 2.05) is 0 Å². The number of nitrogens with zero attached hydrogens (tertiary/aromatic N) is 1. The van der Waals surface area contributed by atoms with E-state index in [0.29, 0.717) is 17.8 Å². The molecule has 1 amide bonds. The fourth-order valence-corrected chi connectivity index (χ4v) is 2.91. The molecule has 2 rings (SSSR count). The van der Waals surface area contributed by atoms with Crippen LogP contribution < -0.4 is 5.32 Å². The average molecular weight is 318 g/mol. The molecule has 0 unspecified atom stereocenters. The van der Waals surface area contributed by atoms with Crippen LogP contribution in [-0.2, 0) is 16.1 Å². The van der Waals surface area contributed by atoms with E-state index in [-0.39, 0.29) is 24.4 Å². The first-order valence-corrected chi connectivity index (χ1v) is 8.31. The number of Topliss-reactive ketones (excluding diaryl/α,β-unsaturated/α-hetero) is 1. The first-order valence-electron chi connectivity index (χ1n) is 8.31. The van der Waals surface area contributed by atoms with Crippen molar-refractivity contribution >= 4 is 11.7 Å². The highest BCUT2D eigenvalue weighted by Gasteiger charge is 2.19. The monoisotopic (exact) mass is 318 g/mol. The van der Waals surface area contributed by atoms with Gasteiger partial charge in [-0.3, -0.25) is 14.6 Å². The van der Waals surface area contributed by atoms with Crippen LogP contribution in [0.25, 0.3) is 0 Å². The number of rotatable bonds is 6. The minimum absolute atomic E-state index is 0.000728. The lowest BCUT2D eigenvalue weighted by atomic mass is 9.89. The zero-order valence-corrected chi connectivity index (χ0v) is 14.2.